The number of aromatic nitrogens is 2. The Balaban J connectivity index is 0.000000213. The van der Waals surface area contributed by atoms with E-state index in [1.165, 1.54) is 48.8 Å². The maximum atomic E-state index is 11.0. The van der Waals surface area contributed by atoms with Gasteiger partial charge in [0, 0.05) is 40.2 Å². The second-order valence-corrected chi connectivity index (χ2v) is 8.69. The first-order valence-electron chi connectivity index (χ1n) is 8.08. The van der Waals surface area contributed by atoms with Crippen LogP contribution in [0.4, 0.5) is 0 Å². The van der Waals surface area contributed by atoms with Crippen LogP contribution < -0.4 is 0 Å². The SMILES string of the molecule is O=S(=O)(O)c1ccc(O)c2ncccc12.O=S(=O)(O)c1ccc(O)c2ncccc12.[Cu]. The molecule has 0 fully saturated rings. The molecule has 0 unspecified atom stereocenters. The molecule has 0 spiro atoms. The summed E-state index contributed by atoms with van der Waals surface area (Å²) < 4.78 is 61.9. The number of hydrogen-bond acceptors (Lipinski definition) is 8. The van der Waals surface area contributed by atoms with Gasteiger partial charge in [-0.1, -0.05) is 0 Å². The van der Waals surface area contributed by atoms with Crippen molar-refractivity contribution in [1.29, 1.82) is 0 Å². The molecule has 167 valence electrons. The summed E-state index contributed by atoms with van der Waals surface area (Å²) in [6, 6.07) is 10.6. The average molecular weight is 514 g/mol. The normalized spacial score (nSPS) is 11.4. The van der Waals surface area contributed by atoms with Crippen LogP contribution in [-0.4, -0.2) is 46.1 Å². The predicted octanol–water partition coefficient (Wildman–Crippen LogP) is 2.37. The zero-order valence-corrected chi connectivity index (χ0v) is 17.8. The van der Waals surface area contributed by atoms with Crippen LogP contribution in [0.3, 0.4) is 0 Å². The van der Waals surface area contributed by atoms with E-state index in [1.54, 1.807) is 0 Å². The van der Waals surface area contributed by atoms with Gasteiger partial charge in [0.2, 0.25) is 0 Å². The fraction of sp³-hybridized carbons (Fsp3) is 0. The van der Waals surface area contributed by atoms with Crippen molar-refractivity contribution in [3.63, 3.8) is 0 Å². The summed E-state index contributed by atoms with van der Waals surface area (Å²) in [5.74, 6) is -0.254. The molecule has 0 aliphatic heterocycles. The first-order chi connectivity index (χ1) is 14.0. The van der Waals surface area contributed by atoms with Crippen molar-refractivity contribution >= 4 is 42.0 Å². The quantitative estimate of drug-likeness (QED) is 0.230. The molecule has 0 saturated heterocycles. The summed E-state index contributed by atoms with van der Waals surface area (Å²) in [4.78, 5) is 7.14. The topological polar surface area (TPSA) is 175 Å². The summed E-state index contributed by atoms with van der Waals surface area (Å²) in [6.45, 7) is 0. The third kappa shape index (κ3) is 5.28. The van der Waals surface area contributed by atoms with Crippen molar-refractivity contribution in [3.8, 4) is 11.5 Å². The zero-order chi connectivity index (χ0) is 22.1. The van der Waals surface area contributed by atoms with Crippen molar-refractivity contribution in [2.45, 2.75) is 9.79 Å². The van der Waals surface area contributed by atoms with Crippen LogP contribution in [0.2, 0.25) is 0 Å². The number of phenolic OH excluding ortho intramolecular Hbond substituents is 2. The molecule has 0 aliphatic carbocycles. The molecule has 0 bridgehead atoms. The molecule has 10 nitrogen and oxygen atoms in total. The molecule has 31 heavy (non-hydrogen) atoms. The summed E-state index contributed by atoms with van der Waals surface area (Å²) in [5, 5.41) is 19.2. The average Bonchev–Trinajstić information content (AvgIpc) is 2.67. The van der Waals surface area contributed by atoms with E-state index in [-0.39, 0.29) is 60.2 Å². The molecule has 2 aromatic carbocycles. The Labute approximate surface area is 187 Å². The Hall–Kier alpha value is -2.80. The smallest absolute Gasteiger partial charge is 0.295 e. The Bertz CT molecular complexity index is 1360. The summed E-state index contributed by atoms with van der Waals surface area (Å²) in [6.07, 6.45) is 2.85. The van der Waals surface area contributed by atoms with Crippen LogP contribution in [0.5, 0.6) is 11.5 Å². The molecule has 4 aromatic rings. The maximum Gasteiger partial charge on any atom is 0.295 e. The minimum Gasteiger partial charge on any atom is -0.506 e. The number of benzene rings is 2. The van der Waals surface area contributed by atoms with Gasteiger partial charge in [-0.25, -0.2) is 0 Å². The van der Waals surface area contributed by atoms with Crippen LogP contribution in [0.15, 0.2) is 70.7 Å². The van der Waals surface area contributed by atoms with E-state index in [4.69, 9.17) is 9.11 Å². The molecule has 0 amide bonds. The monoisotopic (exact) mass is 513 g/mol. The van der Waals surface area contributed by atoms with Crippen LogP contribution in [0.1, 0.15) is 0 Å². The van der Waals surface area contributed by atoms with Crippen LogP contribution >= 0.6 is 0 Å². The third-order valence-corrected chi connectivity index (χ3v) is 5.80. The van der Waals surface area contributed by atoms with Crippen LogP contribution in [0.25, 0.3) is 21.8 Å². The fourth-order valence-electron chi connectivity index (χ4n) is 2.71. The van der Waals surface area contributed by atoms with Crippen molar-refractivity contribution < 1.29 is 53.2 Å². The Kier molecular flexibility index (Phi) is 7.21. The Morgan fingerprint density at radius 3 is 1.29 bits per heavy atom. The standard InChI is InChI=1S/2C9H7NO4S.Cu/c2*11-7-3-4-8(15(12,13)14)6-2-1-5-10-9(6)7;/h2*1-5,11H,(H,12,13,14);. The van der Waals surface area contributed by atoms with Gasteiger partial charge in [-0.3, -0.25) is 19.1 Å². The Morgan fingerprint density at radius 1 is 0.613 bits per heavy atom. The van der Waals surface area contributed by atoms with Crippen molar-refractivity contribution in [2.24, 2.45) is 0 Å². The van der Waals surface area contributed by atoms with Gasteiger partial charge in [-0.15, -0.1) is 0 Å². The van der Waals surface area contributed by atoms with Gasteiger partial charge in [0.05, 0.1) is 0 Å². The summed E-state index contributed by atoms with van der Waals surface area (Å²) in [5.41, 5.74) is 0.292. The zero-order valence-electron chi connectivity index (χ0n) is 15.2. The number of fused-ring (bicyclic) bond motifs is 2. The first kappa shape index (κ1) is 24.5. The van der Waals surface area contributed by atoms with Gasteiger partial charge in [-0.2, -0.15) is 16.8 Å². The van der Waals surface area contributed by atoms with Crippen molar-refractivity contribution in [3.05, 3.63) is 60.9 Å². The third-order valence-electron chi connectivity index (χ3n) is 3.97. The molecular formula is C18H14CuN2O8S2. The van der Waals surface area contributed by atoms with Crippen molar-refractivity contribution in [2.75, 3.05) is 0 Å². The molecule has 1 radical (unpaired) electrons. The second kappa shape index (κ2) is 9.14. The van der Waals surface area contributed by atoms with Crippen LogP contribution in [0, 0.1) is 0 Å². The molecular weight excluding hydrogens is 500 g/mol. The van der Waals surface area contributed by atoms with Crippen molar-refractivity contribution in [1.82, 2.24) is 9.97 Å². The molecule has 4 rings (SSSR count). The van der Waals surface area contributed by atoms with Gasteiger partial charge < -0.3 is 10.2 Å². The van der Waals surface area contributed by atoms with Gasteiger partial charge >= 0.3 is 0 Å². The predicted molar refractivity (Wildman–Crippen MR) is 106 cm³/mol. The number of rotatable bonds is 2. The molecule has 0 saturated carbocycles. The van der Waals surface area contributed by atoms with E-state index in [1.807, 2.05) is 0 Å². The van der Waals surface area contributed by atoms with E-state index in [9.17, 15) is 27.0 Å². The maximum absolute atomic E-state index is 11.0. The largest absolute Gasteiger partial charge is 0.506 e. The second-order valence-electron chi connectivity index (χ2n) is 5.91. The van der Waals surface area contributed by atoms with E-state index in [0.717, 1.165) is 12.1 Å². The molecule has 2 aromatic heterocycles. The van der Waals surface area contributed by atoms with Gasteiger partial charge in [0.25, 0.3) is 20.2 Å². The molecule has 0 aliphatic rings. The number of nitrogens with zero attached hydrogens (tertiary/aromatic N) is 2. The van der Waals surface area contributed by atoms with E-state index in [0.29, 0.717) is 0 Å². The number of hydrogen-bond donors (Lipinski definition) is 4. The number of pyridine rings is 2. The van der Waals surface area contributed by atoms with Gasteiger partial charge in [-0.05, 0) is 48.5 Å². The van der Waals surface area contributed by atoms with Crippen LogP contribution in [-0.2, 0) is 37.3 Å². The molecule has 13 heteroatoms. The summed E-state index contributed by atoms with van der Waals surface area (Å²) in [7, 11) is -8.59. The minimum atomic E-state index is -4.30. The van der Waals surface area contributed by atoms with E-state index in [2.05, 4.69) is 9.97 Å². The Morgan fingerprint density at radius 2 is 0.968 bits per heavy atom. The van der Waals surface area contributed by atoms with E-state index < -0.39 is 20.2 Å². The number of phenols is 2. The van der Waals surface area contributed by atoms with Gasteiger partial charge in [0.15, 0.2) is 0 Å². The minimum absolute atomic E-state index is 0. The van der Waals surface area contributed by atoms with Gasteiger partial charge in [0.1, 0.15) is 32.3 Å². The number of aromatic hydroxyl groups is 2. The summed E-state index contributed by atoms with van der Waals surface area (Å²) >= 11 is 0. The molecule has 2 heterocycles. The fourth-order valence-corrected chi connectivity index (χ4v) is 4.08. The molecule has 4 N–H and O–H groups in total. The molecule has 0 atom stereocenters. The van der Waals surface area contributed by atoms with E-state index >= 15 is 0 Å². The first-order valence-corrected chi connectivity index (χ1v) is 11.0.